The summed E-state index contributed by atoms with van der Waals surface area (Å²) in [5, 5.41) is 21.2. The number of nitrogens with one attached hydrogen (secondary N) is 4. The molecule has 0 aliphatic carbocycles. The molecule has 2 atom stereocenters. The third kappa shape index (κ3) is 13.0. The molecule has 0 aliphatic heterocycles. The Balaban J connectivity index is 2.00. The molecule has 0 unspecified atom stereocenters. The molecule has 0 saturated carbocycles. The van der Waals surface area contributed by atoms with Crippen molar-refractivity contribution in [1.82, 2.24) is 16.0 Å². The molecule has 0 bridgehead atoms. The van der Waals surface area contributed by atoms with E-state index in [9.17, 15) is 34.1 Å². The zero-order valence-electron chi connectivity index (χ0n) is 24.9. The molecule has 2 aromatic rings. The lowest BCUT2D eigenvalue weighted by Gasteiger charge is -2.25. The number of nitrogens with zero attached hydrogens (tertiary/aromatic N) is 1. The number of urea groups is 1. The summed E-state index contributed by atoms with van der Waals surface area (Å²) in [6, 6.07) is 8.57. The molecule has 15 heteroatoms. The van der Waals surface area contributed by atoms with Gasteiger partial charge in [-0.05, 0) is 48.6 Å². The number of non-ortho nitro benzene ring substituents is 1. The minimum atomic E-state index is -1.02. The maximum Gasteiger partial charge on any atom is 0.514 e. The first kappa shape index (κ1) is 35.5. The van der Waals surface area contributed by atoms with Crippen molar-refractivity contribution in [3.63, 3.8) is 0 Å². The fraction of sp³-hybridized carbons (Fsp3) is 0.367. The Kier molecular flexibility index (Phi) is 14.3. The zero-order valence-corrected chi connectivity index (χ0v) is 24.9. The molecule has 2 rings (SSSR count). The number of rotatable bonds is 16. The van der Waals surface area contributed by atoms with Gasteiger partial charge in [0.2, 0.25) is 17.7 Å². The molecule has 5 amide bonds. The van der Waals surface area contributed by atoms with E-state index in [4.69, 9.17) is 21.6 Å². The third-order valence-corrected chi connectivity index (χ3v) is 6.19. The number of benzene rings is 2. The molecular formula is C30H36N6O9. The predicted octanol–water partition coefficient (Wildman–Crippen LogP) is 2.74. The number of hydrogen-bond donors (Lipinski definition) is 5. The van der Waals surface area contributed by atoms with E-state index in [2.05, 4.69) is 27.2 Å². The van der Waals surface area contributed by atoms with Gasteiger partial charge in [0.15, 0.2) is 0 Å². The standard InChI is InChI=1S/C30H36N6O9/c1-4-5-8-25(37)35-26(19(2)3)28(39)34-24(7-6-17-32-29(31)40)27(38)33-21-11-9-20(10-12-21)18-44-30(41)45-23-15-13-22(14-16-23)36(42)43/h1,9-16,19,24,26H,5-8,17-18H2,2-3H3,(H,33,38)(H,34,39)(H,35,37)(H3,31,32,40)/t24-,26-/m0/s1. The summed E-state index contributed by atoms with van der Waals surface area (Å²) in [6.45, 7) is 3.51. The van der Waals surface area contributed by atoms with Crippen LogP contribution < -0.4 is 31.7 Å². The van der Waals surface area contributed by atoms with Gasteiger partial charge in [-0.2, -0.15) is 0 Å². The largest absolute Gasteiger partial charge is 0.514 e. The van der Waals surface area contributed by atoms with Crippen LogP contribution in [-0.2, 0) is 25.7 Å². The second-order valence-electron chi connectivity index (χ2n) is 10.1. The van der Waals surface area contributed by atoms with Crippen molar-refractivity contribution in [2.45, 2.75) is 58.2 Å². The monoisotopic (exact) mass is 624 g/mol. The Morgan fingerprint density at radius 3 is 2.24 bits per heavy atom. The van der Waals surface area contributed by atoms with E-state index in [1.165, 1.54) is 24.3 Å². The number of nitrogens with two attached hydrogens (primary N) is 1. The lowest BCUT2D eigenvalue weighted by Crippen LogP contribution is -2.54. The summed E-state index contributed by atoms with van der Waals surface area (Å²) >= 11 is 0. The number of ether oxygens (including phenoxy) is 2. The quantitative estimate of drug-likeness (QED) is 0.0462. The van der Waals surface area contributed by atoms with Gasteiger partial charge in [-0.15, -0.1) is 12.3 Å². The molecule has 0 aliphatic rings. The van der Waals surface area contributed by atoms with Crippen LogP contribution in [0.15, 0.2) is 48.5 Å². The van der Waals surface area contributed by atoms with E-state index >= 15 is 0 Å². The third-order valence-electron chi connectivity index (χ3n) is 6.19. The fourth-order valence-corrected chi connectivity index (χ4v) is 3.83. The van der Waals surface area contributed by atoms with E-state index in [-0.39, 0.29) is 49.8 Å². The van der Waals surface area contributed by atoms with Crippen LogP contribution in [-0.4, -0.2) is 53.5 Å². The lowest BCUT2D eigenvalue weighted by molar-refractivity contribution is -0.384. The molecule has 15 nitrogen and oxygen atoms in total. The van der Waals surface area contributed by atoms with Gasteiger partial charge in [-0.25, -0.2) is 9.59 Å². The van der Waals surface area contributed by atoms with Crippen molar-refractivity contribution in [1.29, 1.82) is 0 Å². The molecule has 240 valence electrons. The van der Waals surface area contributed by atoms with Crippen LogP contribution in [0.4, 0.5) is 21.0 Å². The number of terminal acetylenes is 1. The van der Waals surface area contributed by atoms with Gasteiger partial charge in [0.25, 0.3) is 5.69 Å². The first-order chi connectivity index (χ1) is 21.4. The highest BCUT2D eigenvalue weighted by Gasteiger charge is 2.28. The number of carbonyl (C=O) groups excluding carboxylic acids is 5. The van der Waals surface area contributed by atoms with Crippen molar-refractivity contribution in [2.24, 2.45) is 11.7 Å². The van der Waals surface area contributed by atoms with Gasteiger partial charge in [0, 0.05) is 37.2 Å². The summed E-state index contributed by atoms with van der Waals surface area (Å²) < 4.78 is 10.1. The van der Waals surface area contributed by atoms with Crippen molar-refractivity contribution in [2.75, 3.05) is 11.9 Å². The molecule has 0 heterocycles. The smallest absolute Gasteiger partial charge is 0.429 e. The van der Waals surface area contributed by atoms with Crippen LogP contribution in [0.25, 0.3) is 0 Å². The summed E-state index contributed by atoms with van der Waals surface area (Å²) in [6.07, 6.45) is 4.93. The Labute approximate surface area is 259 Å². The first-order valence-corrected chi connectivity index (χ1v) is 13.9. The van der Waals surface area contributed by atoms with Gasteiger partial charge < -0.3 is 36.5 Å². The zero-order chi connectivity index (χ0) is 33.4. The van der Waals surface area contributed by atoms with Crippen molar-refractivity contribution < 1.29 is 38.4 Å². The molecular weight excluding hydrogens is 588 g/mol. The summed E-state index contributed by atoms with van der Waals surface area (Å²) in [7, 11) is 0. The second-order valence-corrected chi connectivity index (χ2v) is 10.1. The Bertz CT molecular complexity index is 1390. The highest BCUT2D eigenvalue weighted by molar-refractivity contribution is 5.98. The summed E-state index contributed by atoms with van der Waals surface area (Å²) in [5.41, 5.74) is 5.89. The number of amides is 5. The first-order valence-electron chi connectivity index (χ1n) is 13.9. The van der Waals surface area contributed by atoms with E-state index in [0.717, 1.165) is 0 Å². The maximum absolute atomic E-state index is 13.2. The number of nitro groups is 1. The van der Waals surface area contributed by atoms with Gasteiger partial charge in [-0.1, -0.05) is 26.0 Å². The van der Waals surface area contributed by atoms with Crippen LogP contribution >= 0.6 is 0 Å². The maximum atomic E-state index is 13.2. The Hall–Kier alpha value is -5.65. The second kappa shape index (κ2) is 18.1. The number of carbonyl (C=O) groups is 5. The molecule has 45 heavy (non-hydrogen) atoms. The molecule has 0 radical (unpaired) electrons. The van der Waals surface area contributed by atoms with Crippen LogP contribution in [0.2, 0.25) is 0 Å². The van der Waals surface area contributed by atoms with Crippen LogP contribution in [0.1, 0.15) is 45.1 Å². The van der Waals surface area contributed by atoms with Crippen molar-refractivity contribution in [3.05, 3.63) is 64.2 Å². The summed E-state index contributed by atoms with van der Waals surface area (Å²) in [5.74, 6) is 0.654. The highest BCUT2D eigenvalue weighted by atomic mass is 16.7. The van der Waals surface area contributed by atoms with Gasteiger partial charge in [0.05, 0.1) is 4.92 Å². The van der Waals surface area contributed by atoms with E-state index in [1.54, 1.807) is 38.1 Å². The average molecular weight is 625 g/mol. The van der Waals surface area contributed by atoms with Crippen LogP contribution in [0.5, 0.6) is 5.75 Å². The highest BCUT2D eigenvalue weighted by Crippen LogP contribution is 2.18. The molecule has 0 fully saturated rings. The van der Waals surface area contributed by atoms with Crippen molar-refractivity contribution >= 4 is 41.3 Å². The molecule has 2 aromatic carbocycles. The predicted molar refractivity (Wildman–Crippen MR) is 163 cm³/mol. The van der Waals surface area contributed by atoms with E-state index < -0.39 is 46.9 Å². The average Bonchev–Trinajstić information content (AvgIpc) is 2.99. The lowest BCUT2D eigenvalue weighted by atomic mass is 10.0. The Morgan fingerprint density at radius 2 is 1.67 bits per heavy atom. The summed E-state index contributed by atoms with van der Waals surface area (Å²) in [4.78, 5) is 71.7. The minimum Gasteiger partial charge on any atom is -0.429 e. The number of nitro benzene ring substituents is 1. The topological polar surface area (TPSA) is 221 Å². The van der Waals surface area contributed by atoms with Gasteiger partial charge in [0.1, 0.15) is 24.4 Å². The molecule has 0 saturated heterocycles. The van der Waals surface area contributed by atoms with Crippen molar-refractivity contribution in [3.8, 4) is 18.1 Å². The fourth-order valence-electron chi connectivity index (χ4n) is 3.83. The van der Waals surface area contributed by atoms with Crippen LogP contribution in [0.3, 0.4) is 0 Å². The minimum absolute atomic E-state index is 0.0533. The van der Waals surface area contributed by atoms with Gasteiger partial charge in [-0.3, -0.25) is 24.5 Å². The normalized spacial score (nSPS) is 11.7. The Morgan fingerprint density at radius 1 is 1.00 bits per heavy atom. The van der Waals surface area contributed by atoms with Crippen LogP contribution in [0, 0.1) is 28.4 Å². The SMILES string of the molecule is C#CCCC(=O)N[C@H](C(=O)N[C@@H](CCCNC(N)=O)C(=O)Nc1ccc(COC(=O)Oc2ccc([N+](=O)[O-])cc2)cc1)C(C)C. The molecule has 0 aromatic heterocycles. The molecule has 0 spiro atoms. The number of anilines is 1. The van der Waals surface area contributed by atoms with E-state index in [1.807, 2.05) is 0 Å². The van der Waals surface area contributed by atoms with Gasteiger partial charge >= 0.3 is 12.2 Å². The number of hydrogen-bond acceptors (Lipinski definition) is 9. The number of primary amides is 1. The molecule has 6 N–H and O–H groups in total. The van der Waals surface area contributed by atoms with E-state index in [0.29, 0.717) is 17.7 Å².